The summed E-state index contributed by atoms with van der Waals surface area (Å²) in [6.45, 7) is 5.51. The zero-order chi connectivity index (χ0) is 15.5. The highest BCUT2D eigenvalue weighted by Gasteiger charge is 2.18. The molecule has 0 N–H and O–H groups in total. The van der Waals surface area contributed by atoms with Crippen LogP contribution in [0.2, 0.25) is 0 Å². The Labute approximate surface area is 131 Å². The van der Waals surface area contributed by atoms with Crippen molar-refractivity contribution in [2.75, 3.05) is 6.54 Å². The Bertz CT molecular complexity index is 780. The predicted molar refractivity (Wildman–Crippen MR) is 88.4 cm³/mol. The number of carbonyl (C=O) groups is 1. The number of fused-ring (bicyclic) bond motifs is 1. The van der Waals surface area contributed by atoms with Crippen molar-refractivity contribution < 1.29 is 4.79 Å². The van der Waals surface area contributed by atoms with Gasteiger partial charge in [0.25, 0.3) is 5.91 Å². The molecule has 2 aromatic rings. The zero-order valence-corrected chi connectivity index (χ0v) is 13.0. The summed E-state index contributed by atoms with van der Waals surface area (Å²) in [4.78, 5) is 14.2. The summed E-state index contributed by atoms with van der Waals surface area (Å²) in [6.07, 6.45) is 0.910. The maximum atomic E-state index is 12.3. The van der Waals surface area contributed by atoms with E-state index in [0.29, 0.717) is 6.54 Å². The van der Waals surface area contributed by atoms with Crippen LogP contribution in [0.3, 0.4) is 0 Å². The average molecular weight is 289 g/mol. The van der Waals surface area contributed by atoms with Gasteiger partial charge in [-0.3, -0.25) is 4.79 Å². The lowest BCUT2D eigenvalue weighted by molar-refractivity contribution is -0.125. The molecule has 0 aromatic heterocycles. The van der Waals surface area contributed by atoms with E-state index in [1.807, 2.05) is 30.0 Å². The summed E-state index contributed by atoms with van der Waals surface area (Å²) < 4.78 is 0. The second-order valence-electron chi connectivity index (χ2n) is 5.74. The molecule has 0 unspecified atom stereocenters. The van der Waals surface area contributed by atoms with Crippen LogP contribution in [0.4, 0.5) is 0 Å². The smallest absolute Gasteiger partial charge is 0.299 e. The van der Waals surface area contributed by atoms with Crippen LogP contribution >= 0.6 is 0 Å². The molecule has 0 aliphatic carbocycles. The first-order valence-electron chi connectivity index (χ1n) is 7.59. The molecule has 2 aromatic carbocycles. The van der Waals surface area contributed by atoms with Gasteiger partial charge in [-0.2, -0.15) is 0 Å². The van der Waals surface area contributed by atoms with Crippen LogP contribution in [-0.4, -0.2) is 17.4 Å². The number of nitrogens with zero attached hydrogens (tertiary/aromatic N) is 1. The molecule has 0 saturated carbocycles. The molecular weight excluding hydrogens is 270 g/mol. The molecule has 1 heterocycles. The lowest BCUT2D eigenvalue weighted by Crippen LogP contribution is -2.35. The molecule has 1 amide bonds. The summed E-state index contributed by atoms with van der Waals surface area (Å²) in [5.41, 5.74) is 5.85. The Morgan fingerprint density at radius 3 is 2.64 bits per heavy atom. The largest absolute Gasteiger partial charge is 0.327 e. The Kier molecular flexibility index (Phi) is 3.98. The van der Waals surface area contributed by atoms with E-state index >= 15 is 0 Å². The maximum Gasteiger partial charge on any atom is 0.299 e. The molecule has 3 rings (SSSR count). The fourth-order valence-corrected chi connectivity index (χ4v) is 2.76. The first-order valence-corrected chi connectivity index (χ1v) is 7.59. The van der Waals surface area contributed by atoms with E-state index in [-0.39, 0.29) is 5.91 Å². The molecule has 22 heavy (non-hydrogen) atoms. The number of aryl methyl sites for hydroxylation is 1. The Morgan fingerprint density at radius 1 is 1.05 bits per heavy atom. The van der Waals surface area contributed by atoms with Gasteiger partial charge in [0.15, 0.2) is 0 Å². The van der Waals surface area contributed by atoms with Gasteiger partial charge in [-0.25, -0.2) is 0 Å². The second-order valence-corrected chi connectivity index (χ2v) is 5.74. The fraction of sp³-hybridized carbons (Fsp3) is 0.250. The van der Waals surface area contributed by atoms with Crippen LogP contribution in [0.5, 0.6) is 0 Å². The third-order valence-electron chi connectivity index (χ3n) is 4.33. The van der Waals surface area contributed by atoms with Crippen LogP contribution in [0.15, 0.2) is 42.5 Å². The molecule has 1 aliphatic heterocycles. The van der Waals surface area contributed by atoms with Crippen molar-refractivity contribution in [2.24, 2.45) is 0 Å². The van der Waals surface area contributed by atoms with Gasteiger partial charge in [-0.1, -0.05) is 42.3 Å². The van der Waals surface area contributed by atoms with Crippen LogP contribution in [0.25, 0.3) is 0 Å². The number of hydrogen-bond acceptors (Lipinski definition) is 1. The van der Waals surface area contributed by atoms with E-state index in [9.17, 15) is 4.79 Å². The SMILES string of the molecule is Cc1cccc(C#CC(=O)N2CCc3ccccc3C2)c1C. The third kappa shape index (κ3) is 2.89. The summed E-state index contributed by atoms with van der Waals surface area (Å²) in [7, 11) is 0. The summed E-state index contributed by atoms with van der Waals surface area (Å²) >= 11 is 0. The molecule has 0 spiro atoms. The minimum absolute atomic E-state index is 0.0876. The van der Waals surface area contributed by atoms with Crippen molar-refractivity contribution in [3.8, 4) is 11.8 Å². The summed E-state index contributed by atoms with van der Waals surface area (Å²) in [6, 6.07) is 14.3. The molecule has 0 saturated heterocycles. The Balaban J connectivity index is 1.77. The van der Waals surface area contributed by atoms with Gasteiger partial charge in [0.2, 0.25) is 0 Å². The Morgan fingerprint density at radius 2 is 1.82 bits per heavy atom. The average Bonchev–Trinajstić information content (AvgIpc) is 2.55. The van der Waals surface area contributed by atoms with Crippen LogP contribution in [0.1, 0.15) is 27.8 Å². The number of benzene rings is 2. The number of amides is 1. The van der Waals surface area contributed by atoms with E-state index in [4.69, 9.17) is 0 Å². The topological polar surface area (TPSA) is 20.3 Å². The minimum Gasteiger partial charge on any atom is -0.327 e. The molecule has 110 valence electrons. The quantitative estimate of drug-likeness (QED) is 0.682. The summed E-state index contributed by atoms with van der Waals surface area (Å²) in [5.74, 6) is 5.75. The first kappa shape index (κ1) is 14.4. The van der Waals surface area contributed by atoms with Gasteiger partial charge in [0.05, 0.1) is 0 Å². The molecule has 2 heteroatoms. The van der Waals surface area contributed by atoms with Crippen molar-refractivity contribution in [3.63, 3.8) is 0 Å². The van der Waals surface area contributed by atoms with Gasteiger partial charge < -0.3 is 4.90 Å². The molecular formula is C20H19NO. The molecule has 0 atom stereocenters. The highest BCUT2D eigenvalue weighted by atomic mass is 16.2. The van der Waals surface area contributed by atoms with Crippen molar-refractivity contribution in [1.82, 2.24) is 4.90 Å². The molecule has 0 bridgehead atoms. The van der Waals surface area contributed by atoms with Gasteiger partial charge in [0, 0.05) is 24.6 Å². The van der Waals surface area contributed by atoms with Crippen LogP contribution in [-0.2, 0) is 17.8 Å². The standard InChI is InChI=1S/C20H19NO/c1-15-6-5-9-17(16(15)2)10-11-20(22)21-13-12-18-7-3-4-8-19(18)14-21/h3-9H,12-14H2,1-2H3. The molecule has 0 fully saturated rings. The number of rotatable bonds is 0. The number of hydrogen-bond donors (Lipinski definition) is 0. The van der Waals surface area contributed by atoms with Gasteiger partial charge in [-0.05, 0) is 48.6 Å². The van der Waals surface area contributed by atoms with E-state index < -0.39 is 0 Å². The van der Waals surface area contributed by atoms with Crippen molar-refractivity contribution in [1.29, 1.82) is 0 Å². The second kappa shape index (κ2) is 6.07. The molecule has 1 aliphatic rings. The normalized spacial score (nSPS) is 13.1. The van der Waals surface area contributed by atoms with Crippen molar-refractivity contribution >= 4 is 5.91 Å². The molecule has 0 radical (unpaired) electrons. The van der Waals surface area contributed by atoms with Crippen LogP contribution < -0.4 is 0 Å². The summed E-state index contributed by atoms with van der Waals surface area (Å²) in [5, 5.41) is 0. The maximum absolute atomic E-state index is 12.3. The first-order chi connectivity index (χ1) is 10.6. The molecule has 2 nitrogen and oxygen atoms in total. The van der Waals surface area contributed by atoms with Crippen molar-refractivity contribution in [2.45, 2.75) is 26.8 Å². The van der Waals surface area contributed by atoms with Gasteiger partial charge >= 0.3 is 0 Å². The highest BCUT2D eigenvalue weighted by Crippen LogP contribution is 2.18. The predicted octanol–water partition coefficient (Wildman–Crippen LogP) is 3.24. The van der Waals surface area contributed by atoms with Crippen LogP contribution in [0, 0.1) is 25.7 Å². The lowest BCUT2D eigenvalue weighted by atomic mass is 10.00. The van der Waals surface area contributed by atoms with E-state index in [1.165, 1.54) is 16.7 Å². The van der Waals surface area contributed by atoms with E-state index in [0.717, 1.165) is 24.1 Å². The highest BCUT2D eigenvalue weighted by molar-refractivity contribution is 5.94. The zero-order valence-electron chi connectivity index (χ0n) is 13.0. The monoisotopic (exact) mass is 289 g/mol. The Hall–Kier alpha value is -2.53. The third-order valence-corrected chi connectivity index (χ3v) is 4.33. The van der Waals surface area contributed by atoms with E-state index in [1.54, 1.807) is 0 Å². The van der Waals surface area contributed by atoms with E-state index in [2.05, 4.69) is 43.0 Å². The lowest BCUT2D eigenvalue weighted by Gasteiger charge is -2.27. The number of carbonyl (C=O) groups excluding carboxylic acids is 1. The van der Waals surface area contributed by atoms with Gasteiger partial charge in [0.1, 0.15) is 0 Å². The van der Waals surface area contributed by atoms with Crippen molar-refractivity contribution in [3.05, 3.63) is 70.3 Å². The van der Waals surface area contributed by atoms with Gasteiger partial charge in [-0.15, -0.1) is 0 Å². The minimum atomic E-state index is -0.0876. The fourth-order valence-electron chi connectivity index (χ4n) is 2.76.